The van der Waals surface area contributed by atoms with Crippen molar-refractivity contribution in [3.63, 3.8) is 0 Å². The molecule has 4 heteroatoms. The lowest BCUT2D eigenvalue weighted by Crippen LogP contribution is -2.37. The van der Waals surface area contributed by atoms with Gasteiger partial charge in [-0.2, -0.15) is 0 Å². The molecule has 1 aromatic carbocycles. The SMILES string of the molecule is Cc1ccc(N2CCCC2CN(C)C)c(/C=C/C(=O)O)c1. The third-order valence-corrected chi connectivity index (χ3v) is 3.85. The Bertz CT molecular complexity index is 538. The number of rotatable bonds is 5. The number of aliphatic carboxylic acids is 1. The molecule has 1 saturated heterocycles. The van der Waals surface area contributed by atoms with Crippen LogP contribution in [0.2, 0.25) is 0 Å². The van der Waals surface area contributed by atoms with Crippen molar-refractivity contribution in [1.82, 2.24) is 4.90 Å². The number of hydrogen-bond donors (Lipinski definition) is 1. The standard InChI is InChI=1S/C17H24N2O2/c1-13-6-8-16(14(11-13)7-9-17(20)21)19-10-4-5-15(19)12-18(2)3/h6-9,11,15H,4-5,10,12H2,1-3H3,(H,20,21)/b9-7+. The number of benzene rings is 1. The molecule has 0 saturated carbocycles. The van der Waals surface area contributed by atoms with Gasteiger partial charge in [0.2, 0.25) is 0 Å². The molecule has 1 unspecified atom stereocenters. The second kappa shape index (κ2) is 6.76. The quantitative estimate of drug-likeness (QED) is 0.846. The van der Waals surface area contributed by atoms with Gasteiger partial charge in [0, 0.05) is 30.9 Å². The van der Waals surface area contributed by atoms with E-state index in [-0.39, 0.29) is 0 Å². The van der Waals surface area contributed by atoms with Gasteiger partial charge in [0.05, 0.1) is 0 Å². The molecule has 1 atom stereocenters. The minimum Gasteiger partial charge on any atom is -0.478 e. The van der Waals surface area contributed by atoms with Gasteiger partial charge in [-0.25, -0.2) is 4.79 Å². The van der Waals surface area contributed by atoms with E-state index < -0.39 is 5.97 Å². The summed E-state index contributed by atoms with van der Waals surface area (Å²) < 4.78 is 0. The Morgan fingerprint density at radius 2 is 2.24 bits per heavy atom. The maximum absolute atomic E-state index is 10.8. The minimum absolute atomic E-state index is 0.500. The summed E-state index contributed by atoms with van der Waals surface area (Å²) in [6, 6.07) is 6.77. The topological polar surface area (TPSA) is 43.8 Å². The highest BCUT2D eigenvalue weighted by Gasteiger charge is 2.26. The maximum atomic E-state index is 10.8. The Labute approximate surface area is 126 Å². The van der Waals surface area contributed by atoms with Gasteiger partial charge in [-0.1, -0.05) is 11.6 Å². The summed E-state index contributed by atoms with van der Waals surface area (Å²) in [6.07, 6.45) is 5.30. The van der Waals surface area contributed by atoms with E-state index in [2.05, 4.69) is 42.1 Å². The minimum atomic E-state index is -0.909. The maximum Gasteiger partial charge on any atom is 0.328 e. The van der Waals surface area contributed by atoms with Gasteiger partial charge < -0.3 is 14.9 Å². The van der Waals surface area contributed by atoms with Crippen molar-refractivity contribution in [3.8, 4) is 0 Å². The molecule has 0 radical (unpaired) electrons. The van der Waals surface area contributed by atoms with Crippen LogP contribution in [0.3, 0.4) is 0 Å². The number of aryl methyl sites for hydroxylation is 1. The van der Waals surface area contributed by atoms with Crippen molar-refractivity contribution in [3.05, 3.63) is 35.4 Å². The van der Waals surface area contributed by atoms with Crippen LogP contribution in [0.1, 0.15) is 24.0 Å². The highest BCUT2D eigenvalue weighted by Crippen LogP contribution is 2.30. The van der Waals surface area contributed by atoms with E-state index in [1.807, 2.05) is 6.92 Å². The molecule has 4 nitrogen and oxygen atoms in total. The van der Waals surface area contributed by atoms with E-state index in [0.717, 1.165) is 29.9 Å². The van der Waals surface area contributed by atoms with Crippen LogP contribution >= 0.6 is 0 Å². The Morgan fingerprint density at radius 3 is 2.90 bits per heavy atom. The number of carbonyl (C=O) groups is 1. The Morgan fingerprint density at radius 1 is 1.48 bits per heavy atom. The van der Waals surface area contributed by atoms with Crippen LogP contribution in [0.5, 0.6) is 0 Å². The third kappa shape index (κ3) is 4.08. The van der Waals surface area contributed by atoms with Gasteiger partial charge in [-0.15, -0.1) is 0 Å². The highest BCUT2D eigenvalue weighted by molar-refractivity contribution is 5.87. The van der Waals surface area contributed by atoms with E-state index in [9.17, 15) is 4.79 Å². The van der Waals surface area contributed by atoms with Gasteiger partial charge in [0.15, 0.2) is 0 Å². The molecule has 0 spiro atoms. The molecule has 114 valence electrons. The second-order valence-electron chi connectivity index (χ2n) is 5.99. The van der Waals surface area contributed by atoms with Crippen LogP contribution < -0.4 is 4.90 Å². The fourth-order valence-corrected chi connectivity index (χ4v) is 2.99. The van der Waals surface area contributed by atoms with Crippen LogP contribution in [0.4, 0.5) is 5.69 Å². The summed E-state index contributed by atoms with van der Waals surface area (Å²) >= 11 is 0. The average molecular weight is 288 g/mol. The van der Waals surface area contributed by atoms with E-state index in [1.165, 1.54) is 18.9 Å². The normalized spacial score (nSPS) is 18.9. The number of nitrogens with zero attached hydrogens (tertiary/aromatic N) is 2. The van der Waals surface area contributed by atoms with Crippen molar-refractivity contribution < 1.29 is 9.90 Å². The molecule has 0 bridgehead atoms. The second-order valence-corrected chi connectivity index (χ2v) is 5.99. The lowest BCUT2D eigenvalue weighted by molar-refractivity contribution is -0.131. The summed E-state index contributed by atoms with van der Waals surface area (Å²) in [7, 11) is 4.19. The van der Waals surface area contributed by atoms with Crippen LogP contribution in [-0.4, -0.2) is 49.2 Å². The largest absolute Gasteiger partial charge is 0.478 e. The van der Waals surface area contributed by atoms with E-state index >= 15 is 0 Å². The number of anilines is 1. The zero-order chi connectivity index (χ0) is 15.4. The van der Waals surface area contributed by atoms with Gasteiger partial charge in [0.25, 0.3) is 0 Å². The fraction of sp³-hybridized carbons (Fsp3) is 0.471. The molecule has 1 aromatic rings. The first kappa shape index (κ1) is 15.6. The number of carboxylic acids is 1. The first-order valence-corrected chi connectivity index (χ1v) is 7.40. The van der Waals surface area contributed by atoms with Crippen molar-refractivity contribution in [2.75, 3.05) is 32.1 Å². The molecule has 1 fully saturated rings. The molecule has 2 rings (SSSR count). The molecular formula is C17H24N2O2. The summed E-state index contributed by atoms with van der Waals surface area (Å²) in [6.45, 7) is 4.09. The molecule has 1 N–H and O–H groups in total. The Hall–Kier alpha value is -1.81. The van der Waals surface area contributed by atoms with Gasteiger partial charge in [-0.05, 0) is 57.6 Å². The molecule has 0 aliphatic carbocycles. The van der Waals surface area contributed by atoms with Crippen LogP contribution in [-0.2, 0) is 4.79 Å². The molecule has 1 heterocycles. The first-order chi connectivity index (χ1) is 9.97. The number of hydrogen-bond acceptors (Lipinski definition) is 3. The average Bonchev–Trinajstić information content (AvgIpc) is 2.83. The molecular weight excluding hydrogens is 264 g/mol. The Kier molecular flexibility index (Phi) is 5.02. The van der Waals surface area contributed by atoms with E-state index in [1.54, 1.807) is 6.08 Å². The zero-order valence-corrected chi connectivity index (χ0v) is 13.0. The smallest absolute Gasteiger partial charge is 0.328 e. The molecule has 1 aliphatic heterocycles. The van der Waals surface area contributed by atoms with Gasteiger partial charge >= 0.3 is 5.97 Å². The molecule has 0 aromatic heterocycles. The first-order valence-electron chi connectivity index (χ1n) is 7.40. The molecule has 21 heavy (non-hydrogen) atoms. The summed E-state index contributed by atoms with van der Waals surface area (Å²) in [4.78, 5) is 15.4. The molecule has 1 aliphatic rings. The van der Waals surface area contributed by atoms with Crippen molar-refractivity contribution >= 4 is 17.7 Å². The predicted molar refractivity (Wildman–Crippen MR) is 86.8 cm³/mol. The van der Waals surface area contributed by atoms with Gasteiger partial charge in [-0.3, -0.25) is 0 Å². The summed E-state index contributed by atoms with van der Waals surface area (Å²) in [5, 5.41) is 8.86. The highest BCUT2D eigenvalue weighted by atomic mass is 16.4. The molecule has 0 amide bonds. The van der Waals surface area contributed by atoms with Crippen molar-refractivity contribution in [2.24, 2.45) is 0 Å². The lowest BCUT2D eigenvalue weighted by atomic mass is 10.1. The van der Waals surface area contributed by atoms with Crippen molar-refractivity contribution in [1.29, 1.82) is 0 Å². The number of carboxylic acid groups (broad SMARTS) is 1. The lowest BCUT2D eigenvalue weighted by Gasteiger charge is -2.30. The number of likely N-dealkylation sites (N-methyl/N-ethyl adjacent to an activating group) is 1. The third-order valence-electron chi connectivity index (χ3n) is 3.85. The van der Waals surface area contributed by atoms with Crippen LogP contribution in [0, 0.1) is 6.92 Å². The predicted octanol–water partition coefficient (Wildman–Crippen LogP) is 2.62. The van der Waals surface area contributed by atoms with Crippen LogP contribution in [0.25, 0.3) is 6.08 Å². The summed E-state index contributed by atoms with van der Waals surface area (Å²) in [5.41, 5.74) is 3.28. The zero-order valence-electron chi connectivity index (χ0n) is 13.0. The Balaban J connectivity index is 2.31. The van der Waals surface area contributed by atoms with Crippen LogP contribution in [0.15, 0.2) is 24.3 Å². The van der Waals surface area contributed by atoms with Gasteiger partial charge in [0.1, 0.15) is 0 Å². The van der Waals surface area contributed by atoms with E-state index in [0.29, 0.717) is 6.04 Å². The fourth-order valence-electron chi connectivity index (χ4n) is 2.99. The van der Waals surface area contributed by atoms with Crippen molar-refractivity contribution in [2.45, 2.75) is 25.8 Å². The monoisotopic (exact) mass is 288 g/mol. The summed E-state index contributed by atoms with van der Waals surface area (Å²) in [5.74, 6) is -0.909. The van der Waals surface area contributed by atoms with E-state index in [4.69, 9.17) is 5.11 Å².